The van der Waals surface area contributed by atoms with Crippen molar-refractivity contribution in [3.63, 3.8) is 0 Å². The first-order valence-electron chi connectivity index (χ1n) is 8.95. The van der Waals surface area contributed by atoms with Crippen molar-refractivity contribution in [3.05, 3.63) is 21.4 Å². The molecule has 2 aliphatic rings. The summed E-state index contributed by atoms with van der Waals surface area (Å²) in [6, 6.07) is 1.92. The number of thiophene rings is 1. The monoisotopic (exact) mass is 401 g/mol. The van der Waals surface area contributed by atoms with E-state index in [1.807, 2.05) is 33.8 Å². The van der Waals surface area contributed by atoms with Gasteiger partial charge in [-0.25, -0.2) is 0 Å². The highest BCUT2D eigenvalue weighted by atomic mass is 32.2. The minimum Gasteiger partial charge on any atom is -0.373 e. The van der Waals surface area contributed by atoms with Gasteiger partial charge in [0.25, 0.3) is 16.1 Å². The SMILES string of the molecule is Cc1cc(C(=O)N2CCN(S(=O)(=O)N3C[C@H](C)O[C@@H](C)C3)CC2)sc1C. The van der Waals surface area contributed by atoms with Gasteiger partial charge in [0, 0.05) is 44.1 Å². The van der Waals surface area contributed by atoms with Gasteiger partial charge < -0.3 is 9.64 Å². The maximum atomic E-state index is 12.9. The van der Waals surface area contributed by atoms with E-state index in [-0.39, 0.29) is 18.1 Å². The predicted molar refractivity (Wildman–Crippen MR) is 102 cm³/mol. The molecule has 0 N–H and O–H groups in total. The fourth-order valence-corrected chi connectivity index (χ4v) is 6.19. The molecule has 146 valence electrons. The van der Waals surface area contributed by atoms with Crippen LogP contribution in [0, 0.1) is 13.8 Å². The molecule has 0 aliphatic carbocycles. The summed E-state index contributed by atoms with van der Waals surface area (Å²) in [4.78, 5) is 16.3. The van der Waals surface area contributed by atoms with Crippen LogP contribution in [0.5, 0.6) is 0 Å². The number of piperazine rings is 1. The van der Waals surface area contributed by atoms with Crippen LogP contribution in [0.25, 0.3) is 0 Å². The molecule has 3 heterocycles. The summed E-state index contributed by atoms with van der Waals surface area (Å²) in [5.74, 6) is -0.00290. The van der Waals surface area contributed by atoms with Gasteiger partial charge in [0.15, 0.2) is 0 Å². The molecular formula is C17H27N3O4S2. The fraction of sp³-hybridized carbons (Fsp3) is 0.706. The topological polar surface area (TPSA) is 70.2 Å². The van der Waals surface area contributed by atoms with Crippen molar-refractivity contribution in [2.45, 2.75) is 39.9 Å². The van der Waals surface area contributed by atoms with Crippen molar-refractivity contribution in [2.24, 2.45) is 0 Å². The number of carbonyl (C=O) groups excluding carboxylic acids is 1. The van der Waals surface area contributed by atoms with Crippen LogP contribution in [0.3, 0.4) is 0 Å². The summed E-state index contributed by atoms with van der Waals surface area (Å²) in [6.07, 6.45) is -0.219. The number of hydrogen-bond donors (Lipinski definition) is 0. The van der Waals surface area contributed by atoms with E-state index in [1.165, 1.54) is 19.9 Å². The van der Waals surface area contributed by atoms with E-state index < -0.39 is 10.2 Å². The van der Waals surface area contributed by atoms with Gasteiger partial charge in [-0.05, 0) is 39.3 Å². The standard InChI is InChI=1S/C17H27N3O4S2/c1-12-9-16(25-15(12)4)17(21)18-5-7-19(8-6-18)26(22,23)20-10-13(2)24-14(3)11-20/h9,13-14H,5-8,10-11H2,1-4H3/t13-,14-/m0/s1. The molecule has 0 radical (unpaired) electrons. The molecule has 2 aliphatic heterocycles. The average molecular weight is 402 g/mol. The molecule has 3 rings (SSSR count). The van der Waals surface area contributed by atoms with Crippen LogP contribution in [-0.2, 0) is 14.9 Å². The third-order valence-corrected chi connectivity index (χ3v) is 8.05. The number of amides is 1. The predicted octanol–water partition coefficient (Wildman–Crippen LogP) is 1.48. The molecule has 1 aromatic rings. The van der Waals surface area contributed by atoms with Gasteiger partial charge in [0.1, 0.15) is 0 Å². The van der Waals surface area contributed by atoms with Gasteiger partial charge in [-0.2, -0.15) is 17.0 Å². The lowest BCUT2D eigenvalue weighted by Crippen LogP contribution is -2.57. The lowest BCUT2D eigenvalue weighted by molar-refractivity contribution is -0.0457. The van der Waals surface area contributed by atoms with Crippen molar-refractivity contribution in [1.29, 1.82) is 0 Å². The summed E-state index contributed by atoms with van der Waals surface area (Å²) < 4.78 is 34.5. The molecule has 1 amide bonds. The van der Waals surface area contributed by atoms with E-state index >= 15 is 0 Å². The van der Waals surface area contributed by atoms with Crippen LogP contribution >= 0.6 is 11.3 Å². The van der Waals surface area contributed by atoms with Gasteiger partial charge >= 0.3 is 0 Å². The average Bonchev–Trinajstić information content (AvgIpc) is 2.92. The minimum atomic E-state index is -3.52. The number of carbonyl (C=O) groups is 1. The van der Waals surface area contributed by atoms with E-state index in [0.29, 0.717) is 39.3 Å². The molecular weight excluding hydrogens is 374 g/mol. The zero-order valence-corrected chi connectivity index (χ0v) is 17.4. The lowest BCUT2D eigenvalue weighted by Gasteiger charge is -2.40. The second kappa shape index (κ2) is 7.55. The maximum absolute atomic E-state index is 12.9. The minimum absolute atomic E-state index is 0.00290. The molecule has 2 atom stereocenters. The second-order valence-corrected chi connectivity index (χ2v) is 10.3. The Bertz CT molecular complexity index is 739. The van der Waals surface area contributed by atoms with Crippen molar-refractivity contribution >= 4 is 27.5 Å². The van der Waals surface area contributed by atoms with Crippen LogP contribution in [0.2, 0.25) is 0 Å². The van der Waals surface area contributed by atoms with E-state index in [1.54, 1.807) is 4.90 Å². The smallest absolute Gasteiger partial charge is 0.282 e. The first-order chi connectivity index (χ1) is 12.2. The van der Waals surface area contributed by atoms with Crippen LogP contribution in [0.4, 0.5) is 0 Å². The Morgan fingerprint density at radius 3 is 2.15 bits per heavy atom. The quantitative estimate of drug-likeness (QED) is 0.769. The van der Waals surface area contributed by atoms with Crippen molar-refractivity contribution < 1.29 is 17.9 Å². The van der Waals surface area contributed by atoms with E-state index in [2.05, 4.69) is 0 Å². The zero-order chi connectivity index (χ0) is 19.1. The van der Waals surface area contributed by atoms with Crippen LogP contribution in [0.15, 0.2) is 6.07 Å². The Balaban J connectivity index is 1.63. The molecule has 0 bridgehead atoms. The first-order valence-corrected chi connectivity index (χ1v) is 11.2. The number of rotatable bonds is 3. The number of hydrogen-bond acceptors (Lipinski definition) is 5. The number of morpholine rings is 1. The summed E-state index contributed by atoms with van der Waals surface area (Å²) in [5.41, 5.74) is 1.12. The Kier molecular flexibility index (Phi) is 5.74. The van der Waals surface area contributed by atoms with Crippen molar-refractivity contribution in [2.75, 3.05) is 39.3 Å². The maximum Gasteiger partial charge on any atom is 0.282 e. The van der Waals surface area contributed by atoms with Crippen LogP contribution in [-0.4, -0.2) is 79.3 Å². The van der Waals surface area contributed by atoms with E-state index in [0.717, 1.165) is 15.3 Å². The number of aryl methyl sites for hydroxylation is 2. The lowest BCUT2D eigenvalue weighted by atomic mass is 10.2. The van der Waals surface area contributed by atoms with Gasteiger partial charge in [0.2, 0.25) is 0 Å². The molecule has 0 unspecified atom stereocenters. The summed E-state index contributed by atoms with van der Waals surface area (Å²) >= 11 is 1.50. The third-order valence-electron chi connectivity index (χ3n) is 4.94. The Labute approximate surface area is 159 Å². The van der Waals surface area contributed by atoms with E-state index in [4.69, 9.17) is 4.74 Å². The highest BCUT2D eigenvalue weighted by molar-refractivity contribution is 7.86. The molecule has 0 aromatic carbocycles. The Hall–Kier alpha value is -1.00. The molecule has 7 nitrogen and oxygen atoms in total. The van der Waals surface area contributed by atoms with Crippen molar-refractivity contribution in [3.8, 4) is 0 Å². The molecule has 2 fully saturated rings. The summed E-state index contributed by atoms with van der Waals surface area (Å²) in [7, 11) is -3.52. The van der Waals surface area contributed by atoms with Gasteiger partial charge in [-0.1, -0.05) is 0 Å². The highest BCUT2D eigenvalue weighted by Crippen LogP contribution is 2.24. The Morgan fingerprint density at radius 2 is 1.65 bits per heavy atom. The van der Waals surface area contributed by atoms with Gasteiger partial charge in [0.05, 0.1) is 17.1 Å². The van der Waals surface area contributed by atoms with Crippen molar-refractivity contribution in [1.82, 2.24) is 13.5 Å². The molecule has 0 spiro atoms. The third kappa shape index (κ3) is 3.96. The number of nitrogens with zero attached hydrogens (tertiary/aromatic N) is 3. The zero-order valence-electron chi connectivity index (χ0n) is 15.8. The van der Waals surface area contributed by atoms with Gasteiger partial charge in [-0.3, -0.25) is 4.79 Å². The molecule has 9 heteroatoms. The molecule has 0 saturated carbocycles. The Morgan fingerprint density at radius 1 is 1.08 bits per heavy atom. The molecule has 2 saturated heterocycles. The molecule has 26 heavy (non-hydrogen) atoms. The first kappa shape index (κ1) is 19.8. The van der Waals surface area contributed by atoms with Crippen LogP contribution < -0.4 is 0 Å². The summed E-state index contributed by atoms with van der Waals surface area (Å²) in [6.45, 7) is 10.0. The normalized spacial score (nSPS) is 26.2. The van der Waals surface area contributed by atoms with Gasteiger partial charge in [-0.15, -0.1) is 11.3 Å². The second-order valence-electron chi connectivity index (χ2n) is 7.12. The number of ether oxygens (including phenoxy) is 1. The fourth-order valence-electron chi connectivity index (χ4n) is 3.44. The summed E-state index contributed by atoms with van der Waals surface area (Å²) in [5, 5.41) is 0. The molecule has 1 aromatic heterocycles. The highest BCUT2D eigenvalue weighted by Gasteiger charge is 2.37. The largest absolute Gasteiger partial charge is 0.373 e. The van der Waals surface area contributed by atoms with Crippen LogP contribution in [0.1, 0.15) is 34.0 Å². The van der Waals surface area contributed by atoms with E-state index in [9.17, 15) is 13.2 Å².